The number of aryl methyl sites for hydroxylation is 1. The molecule has 0 aliphatic carbocycles. The molecule has 0 spiro atoms. The van der Waals surface area contributed by atoms with Gasteiger partial charge >= 0.3 is 0 Å². The van der Waals surface area contributed by atoms with Crippen molar-refractivity contribution in [1.29, 1.82) is 0 Å². The van der Waals surface area contributed by atoms with Gasteiger partial charge in [-0.3, -0.25) is 9.79 Å². The molecule has 1 amide bonds. The Morgan fingerprint density at radius 1 is 1.37 bits per heavy atom. The summed E-state index contributed by atoms with van der Waals surface area (Å²) in [5.41, 5.74) is 1.88. The Morgan fingerprint density at radius 2 is 2.11 bits per heavy atom. The summed E-state index contributed by atoms with van der Waals surface area (Å²) in [6.45, 7) is 5.25. The smallest absolute Gasteiger partial charge is 0.226 e. The maximum atomic E-state index is 12.2. The Morgan fingerprint density at radius 3 is 2.78 bits per heavy atom. The van der Waals surface area contributed by atoms with Crippen LogP contribution in [0.25, 0.3) is 0 Å². The predicted octanol–water partition coefficient (Wildman–Crippen LogP) is 3.41. The first-order valence-electron chi connectivity index (χ1n) is 9.55. The van der Waals surface area contributed by atoms with E-state index in [1.165, 1.54) is 0 Å². The maximum absolute atomic E-state index is 12.2. The van der Waals surface area contributed by atoms with Crippen molar-refractivity contribution in [2.24, 2.45) is 10.9 Å². The number of amides is 1. The fourth-order valence-corrected chi connectivity index (χ4v) is 3.65. The fourth-order valence-electron chi connectivity index (χ4n) is 3.17. The minimum absolute atomic E-state index is 0.00626. The standard InChI is InChI=1S/C20H31BrN4O2/c1-15-14-17(21)4-5-18(15)24-19(26)6-10-23-20(22-2)25(3)11-7-16-8-12-27-13-9-16/h4-5,14,16H,6-13H2,1-3H3,(H,22,23)(H,24,26). The van der Waals surface area contributed by atoms with Crippen molar-refractivity contribution in [2.75, 3.05) is 45.7 Å². The normalized spacial score (nSPS) is 15.5. The van der Waals surface area contributed by atoms with Crippen LogP contribution in [0, 0.1) is 12.8 Å². The van der Waals surface area contributed by atoms with E-state index in [2.05, 4.69) is 36.5 Å². The van der Waals surface area contributed by atoms with Crippen molar-refractivity contribution < 1.29 is 9.53 Å². The van der Waals surface area contributed by atoms with Gasteiger partial charge in [-0.15, -0.1) is 0 Å². The highest BCUT2D eigenvalue weighted by Crippen LogP contribution is 2.20. The quantitative estimate of drug-likeness (QED) is 0.505. The summed E-state index contributed by atoms with van der Waals surface area (Å²) in [4.78, 5) is 18.7. The minimum atomic E-state index is -0.00626. The van der Waals surface area contributed by atoms with Gasteiger partial charge in [0.1, 0.15) is 0 Å². The molecule has 1 aromatic rings. The highest BCUT2D eigenvalue weighted by atomic mass is 79.9. The van der Waals surface area contributed by atoms with Gasteiger partial charge in [-0.25, -0.2) is 0 Å². The molecule has 2 N–H and O–H groups in total. The summed E-state index contributed by atoms with van der Waals surface area (Å²) in [6.07, 6.45) is 3.83. The fraction of sp³-hybridized carbons (Fsp3) is 0.600. The number of rotatable bonds is 7. The van der Waals surface area contributed by atoms with Crippen molar-refractivity contribution in [3.05, 3.63) is 28.2 Å². The summed E-state index contributed by atoms with van der Waals surface area (Å²) in [6, 6.07) is 5.83. The number of carbonyl (C=O) groups is 1. The van der Waals surface area contributed by atoms with Crippen LogP contribution < -0.4 is 10.6 Å². The first kappa shape index (κ1) is 21.7. The molecule has 1 saturated heterocycles. The second-order valence-electron chi connectivity index (χ2n) is 7.00. The van der Waals surface area contributed by atoms with Crippen molar-refractivity contribution >= 4 is 33.5 Å². The second kappa shape index (κ2) is 11.3. The molecule has 0 bridgehead atoms. The third-order valence-electron chi connectivity index (χ3n) is 4.88. The molecule has 0 radical (unpaired) electrons. The Bertz CT molecular complexity index is 645. The van der Waals surface area contributed by atoms with Crippen molar-refractivity contribution in [3.63, 3.8) is 0 Å². The molecule has 1 heterocycles. The van der Waals surface area contributed by atoms with E-state index in [9.17, 15) is 4.79 Å². The Kier molecular flexibility index (Phi) is 9.07. The highest BCUT2D eigenvalue weighted by Gasteiger charge is 2.15. The predicted molar refractivity (Wildman–Crippen MR) is 114 cm³/mol. The van der Waals surface area contributed by atoms with Gasteiger partial charge in [0.25, 0.3) is 0 Å². The van der Waals surface area contributed by atoms with Crippen LogP contribution in [0.1, 0.15) is 31.2 Å². The molecule has 27 heavy (non-hydrogen) atoms. The zero-order chi connectivity index (χ0) is 19.6. The Labute approximate surface area is 170 Å². The number of anilines is 1. The third kappa shape index (κ3) is 7.50. The number of guanidine groups is 1. The average Bonchev–Trinajstić information content (AvgIpc) is 2.66. The lowest BCUT2D eigenvalue weighted by Gasteiger charge is -2.26. The van der Waals surface area contributed by atoms with Crippen LogP contribution in [-0.2, 0) is 9.53 Å². The maximum Gasteiger partial charge on any atom is 0.226 e. The molecule has 150 valence electrons. The van der Waals surface area contributed by atoms with E-state index in [1.54, 1.807) is 7.05 Å². The summed E-state index contributed by atoms with van der Waals surface area (Å²) in [7, 11) is 3.82. The number of hydrogen-bond acceptors (Lipinski definition) is 3. The molecule has 6 nitrogen and oxygen atoms in total. The number of halogens is 1. The lowest BCUT2D eigenvalue weighted by atomic mass is 9.96. The molecule has 2 rings (SSSR count). The molecular weight excluding hydrogens is 408 g/mol. The van der Waals surface area contributed by atoms with Gasteiger partial charge in [0.05, 0.1) is 0 Å². The van der Waals surface area contributed by atoms with Crippen molar-refractivity contribution in [2.45, 2.75) is 32.6 Å². The molecule has 0 aromatic heterocycles. The third-order valence-corrected chi connectivity index (χ3v) is 5.38. The van der Waals surface area contributed by atoms with Gasteiger partial charge in [0.15, 0.2) is 5.96 Å². The van der Waals surface area contributed by atoms with Gasteiger partial charge in [0, 0.05) is 57.0 Å². The van der Waals surface area contributed by atoms with E-state index < -0.39 is 0 Å². The van der Waals surface area contributed by atoms with Gasteiger partial charge in [0.2, 0.25) is 5.91 Å². The van der Waals surface area contributed by atoms with Gasteiger partial charge in [-0.2, -0.15) is 0 Å². The lowest BCUT2D eigenvalue weighted by Crippen LogP contribution is -2.41. The molecule has 1 aromatic carbocycles. The number of nitrogens with zero attached hydrogens (tertiary/aromatic N) is 2. The highest BCUT2D eigenvalue weighted by molar-refractivity contribution is 9.10. The van der Waals surface area contributed by atoms with Crippen LogP contribution in [0.3, 0.4) is 0 Å². The monoisotopic (exact) mass is 438 g/mol. The molecular formula is C20H31BrN4O2. The summed E-state index contributed by atoms with van der Waals surface area (Å²) >= 11 is 3.43. The summed E-state index contributed by atoms with van der Waals surface area (Å²) in [5, 5.41) is 6.24. The van der Waals surface area contributed by atoms with Crippen LogP contribution in [0.2, 0.25) is 0 Å². The molecule has 0 atom stereocenters. The van der Waals surface area contributed by atoms with Crippen LogP contribution in [0.4, 0.5) is 5.69 Å². The SMILES string of the molecule is CN=C(NCCC(=O)Nc1ccc(Br)cc1C)N(C)CCC1CCOCC1. The molecule has 1 aliphatic heterocycles. The van der Waals surface area contributed by atoms with Gasteiger partial charge in [-0.1, -0.05) is 15.9 Å². The number of benzene rings is 1. The average molecular weight is 439 g/mol. The van der Waals surface area contributed by atoms with E-state index in [0.29, 0.717) is 13.0 Å². The lowest BCUT2D eigenvalue weighted by molar-refractivity contribution is -0.116. The number of aliphatic imine (C=N–C) groups is 1. The van der Waals surface area contributed by atoms with Gasteiger partial charge < -0.3 is 20.3 Å². The van der Waals surface area contributed by atoms with Crippen LogP contribution in [-0.4, -0.2) is 57.2 Å². The van der Waals surface area contributed by atoms with Crippen LogP contribution in [0.15, 0.2) is 27.7 Å². The van der Waals surface area contributed by atoms with Crippen LogP contribution in [0.5, 0.6) is 0 Å². The Hall–Kier alpha value is -1.60. The van der Waals surface area contributed by atoms with E-state index in [1.807, 2.05) is 32.2 Å². The van der Waals surface area contributed by atoms with Crippen molar-refractivity contribution in [3.8, 4) is 0 Å². The Balaban J connectivity index is 1.70. The molecule has 1 fully saturated rings. The largest absolute Gasteiger partial charge is 0.381 e. The number of nitrogens with one attached hydrogen (secondary N) is 2. The van der Waals surface area contributed by atoms with E-state index in [-0.39, 0.29) is 5.91 Å². The molecule has 0 saturated carbocycles. The molecule has 1 aliphatic rings. The molecule has 0 unspecified atom stereocenters. The van der Waals surface area contributed by atoms with E-state index in [0.717, 1.165) is 66.6 Å². The first-order chi connectivity index (χ1) is 13.0. The summed E-state index contributed by atoms with van der Waals surface area (Å²) in [5.74, 6) is 1.56. The first-order valence-corrected chi connectivity index (χ1v) is 10.3. The number of hydrogen-bond donors (Lipinski definition) is 2. The van der Waals surface area contributed by atoms with Gasteiger partial charge in [-0.05, 0) is 55.9 Å². The number of ether oxygens (including phenoxy) is 1. The van der Waals surface area contributed by atoms with Crippen molar-refractivity contribution in [1.82, 2.24) is 10.2 Å². The topological polar surface area (TPSA) is 66.0 Å². The zero-order valence-corrected chi connectivity index (χ0v) is 18.1. The van der Waals surface area contributed by atoms with Crippen LogP contribution >= 0.6 is 15.9 Å². The molecule has 7 heteroatoms. The van der Waals surface area contributed by atoms with E-state index in [4.69, 9.17) is 4.74 Å². The second-order valence-corrected chi connectivity index (χ2v) is 7.91. The number of carbonyl (C=O) groups excluding carboxylic acids is 1. The van der Waals surface area contributed by atoms with E-state index >= 15 is 0 Å². The minimum Gasteiger partial charge on any atom is -0.381 e. The zero-order valence-electron chi connectivity index (χ0n) is 16.6. The summed E-state index contributed by atoms with van der Waals surface area (Å²) < 4.78 is 6.42.